The van der Waals surface area contributed by atoms with Gasteiger partial charge in [0.2, 0.25) is 0 Å². The van der Waals surface area contributed by atoms with Crippen LogP contribution < -0.4 is 10.9 Å². The highest BCUT2D eigenvalue weighted by Crippen LogP contribution is 2.28. The van der Waals surface area contributed by atoms with Gasteiger partial charge in [-0.3, -0.25) is 9.59 Å². The molecule has 0 spiro atoms. The van der Waals surface area contributed by atoms with Crippen molar-refractivity contribution in [3.63, 3.8) is 0 Å². The van der Waals surface area contributed by atoms with Gasteiger partial charge in [0, 0.05) is 17.8 Å². The Labute approximate surface area is 140 Å². The van der Waals surface area contributed by atoms with Crippen LogP contribution in [0.3, 0.4) is 0 Å². The van der Waals surface area contributed by atoms with Gasteiger partial charge in [-0.05, 0) is 44.1 Å². The predicted octanol–water partition coefficient (Wildman–Crippen LogP) is 2.32. The number of aromatic amines is 1. The Morgan fingerprint density at radius 3 is 2.71 bits per heavy atom. The molecule has 0 fully saturated rings. The number of aromatic hydroxyl groups is 1. The van der Waals surface area contributed by atoms with Crippen LogP contribution >= 0.6 is 0 Å². The molecule has 126 valence electrons. The second kappa shape index (κ2) is 7.34. The summed E-state index contributed by atoms with van der Waals surface area (Å²) in [5, 5.41) is 13.1. The van der Waals surface area contributed by atoms with Gasteiger partial charge in [-0.1, -0.05) is 30.3 Å². The summed E-state index contributed by atoms with van der Waals surface area (Å²) in [6.45, 7) is 0.462. The molecule has 0 saturated heterocycles. The van der Waals surface area contributed by atoms with Gasteiger partial charge in [0.1, 0.15) is 11.3 Å². The van der Waals surface area contributed by atoms with Crippen LogP contribution in [0.1, 0.15) is 46.4 Å². The summed E-state index contributed by atoms with van der Waals surface area (Å²) in [4.78, 5) is 27.2. The van der Waals surface area contributed by atoms with Crippen molar-refractivity contribution in [2.24, 2.45) is 0 Å². The predicted molar refractivity (Wildman–Crippen MR) is 92.5 cm³/mol. The average Bonchev–Trinajstić information content (AvgIpc) is 2.60. The molecule has 0 atom stereocenters. The van der Waals surface area contributed by atoms with Gasteiger partial charge in [-0.15, -0.1) is 0 Å². The lowest BCUT2D eigenvalue weighted by molar-refractivity contribution is 0.0948. The number of carbonyl (C=O) groups excluding carboxylic acids is 1. The highest BCUT2D eigenvalue weighted by Gasteiger charge is 2.23. The number of amides is 1. The molecule has 5 nitrogen and oxygen atoms in total. The smallest absolute Gasteiger partial charge is 0.264 e. The Kier molecular flexibility index (Phi) is 4.99. The molecule has 1 aromatic heterocycles. The van der Waals surface area contributed by atoms with Crippen molar-refractivity contribution in [1.29, 1.82) is 0 Å². The molecule has 3 rings (SSSR count). The second-order valence-corrected chi connectivity index (χ2v) is 6.19. The summed E-state index contributed by atoms with van der Waals surface area (Å²) in [5.74, 6) is -0.649. The zero-order chi connectivity index (χ0) is 16.9. The van der Waals surface area contributed by atoms with E-state index in [1.807, 2.05) is 30.3 Å². The van der Waals surface area contributed by atoms with Crippen molar-refractivity contribution in [2.75, 3.05) is 6.54 Å². The molecule has 3 N–H and O–H groups in total. The Morgan fingerprint density at radius 1 is 1.17 bits per heavy atom. The number of H-pyrrole nitrogens is 1. The van der Waals surface area contributed by atoms with Crippen molar-refractivity contribution in [1.82, 2.24) is 10.3 Å². The van der Waals surface area contributed by atoms with Crippen LogP contribution in [0, 0.1) is 0 Å². The van der Waals surface area contributed by atoms with Crippen molar-refractivity contribution in [3.05, 3.63) is 63.1 Å². The van der Waals surface area contributed by atoms with E-state index < -0.39 is 11.5 Å². The Hall–Kier alpha value is -2.56. The molecule has 1 amide bonds. The molecule has 0 aliphatic heterocycles. The maximum Gasteiger partial charge on any atom is 0.264 e. The van der Waals surface area contributed by atoms with Gasteiger partial charge >= 0.3 is 0 Å². The van der Waals surface area contributed by atoms with E-state index in [2.05, 4.69) is 10.3 Å². The maximum absolute atomic E-state index is 12.3. The molecule has 5 heteroatoms. The number of aryl methyl sites for hydroxylation is 2. The fourth-order valence-electron chi connectivity index (χ4n) is 3.20. The summed E-state index contributed by atoms with van der Waals surface area (Å²) in [7, 11) is 0. The van der Waals surface area contributed by atoms with E-state index in [-0.39, 0.29) is 11.3 Å². The highest BCUT2D eigenvalue weighted by atomic mass is 16.3. The van der Waals surface area contributed by atoms with Crippen molar-refractivity contribution < 1.29 is 9.90 Å². The van der Waals surface area contributed by atoms with E-state index in [1.165, 1.54) is 5.56 Å². The van der Waals surface area contributed by atoms with Crippen LogP contribution in [0.5, 0.6) is 5.75 Å². The molecule has 0 unspecified atom stereocenters. The van der Waals surface area contributed by atoms with Crippen LogP contribution in [0.25, 0.3) is 0 Å². The standard InChI is InChI=1S/C19H22N2O3/c22-17-14-10-4-5-11-15(14)21-19(24)16(17)18(23)20-12-6-9-13-7-2-1-3-8-13/h1-3,7-8H,4-6,9-12H2,(H,20,23)(H2,21,22,24). The molecule has 0 bridgehead atoms. The van der Waals surface area contributed by atoms with E-state index >= 15 is 0 Å². The number of rotatable bonds is 5. The van der Waals surface area contributed by atoms with Crippen molar-refractivity contribution in [3.8, 4) is 5.75 Å². The first-order chi connectivity index (χ1) is 11.7. The van der Waals surface area contributed by atoms with Gasteiger partial charge in [-0.2, -0.15) is 0 Å². The highest BCUT2D eigenvalue weighted by molar-refractivity contribution is 5.96. The first-order valence-corrected chi connectivity index (χ1v) is 8.46. The van der Waals surface area contributed by atoms with Gasteiger partial charge in [0.05, 0.1) is 0 Å². The first kappa shape index (κ1) is 16.3. The summed E-state index contributed by atoms with van der Waals surface area (Å²) >= 11 is 0. The normalized spacial score (nSPS) is 13.3. The molecular formula is C19H22N2O3. The zero-order valence-electron chi connectivity index (χ0n) is 13.6. The molecule has 1 aliphatic rings. The fourth-order valence-corrected chi connectivity index (χ4v) is 3.20. The average molecular weight is 326 g/mol. The number of hydrogen-bond acceptors (Lipinski definition) is 3. The minimum absolute atomic E-state index is 0.144. The monoisotopic (exact) mass is 326 g/mol. The SMILES string of the molecule is O=C(NCCCc1ccccc1)c1c(O)c2c([nH]c1=O)CCCC2. The quantitative estimate of drug-likeness (QED) is 0.738. The number of carbonyl (C=O) groups is 1. The zero-order valence-corrected chi connectivity index (χ0v) is 13.6. The number of aromatic nitrogens is 1. The first-order valence-electron chi connectivity index (χ1n) is 8.46. The van der Waals surface area contributed by atoms with Gasteiger partial charge in [0.25, 0.3) is 11.5 Å². The van der Waals surface area contributed by atoms with Crippen molar-refractivity contribution >= 4 is 5.91 Å². The number of nitrogens with one attached hydrogen (secondary N) is 2. The molecule has 2 aromatic rings. The van der Waals surface area contributed by atoms with Gasteiger partial charge in [0.15, 0.2) is 0 Å². The van der Waals surface area contributed by atoms with E-state index in [0.717, 1.165) is 43.4 Å². The van der Waals surface area contributed by atoms with E-state index in [0.29, 0.717) is 13.0 Å². The Bertz CT molecular complexity index is 781. The Balaban J connectivity index is 1.64. The topological polar surface area (TPSA) is 82.2 Å². The van der Waals surface area contributed by atoms with E-state index in [9.17, 15) is 14.7 Å². The van der Waals surface area contributed by atoms with Crippen LogP contribution in [-0.4, -0.2) is 22.5 Å². The molecule has 0 radical (unpaired) electrons. The summed E-state index contributed by atoms with van der Waals surface area (Å²) in [6, 6.07) is 10.0. The van der Waals surface area contributed by atoms with E-state index in [4.69, 9.17) is 0 Å². The lowest BCUT2D eigenvalue weighted by Crippen LogP contribution is -2.32. The number of benzene rings is 1. The minimum Gasteiger partial charge on any atom is -0.507 e. The third-order valence-electron chi connectivity index (χ3n) is 4.48. The minimum atomic E-state index is -0.506. The molecule has 1 aliphatic carbocycles. The third kappa shape index (κ3) is 3.50. The molecule has 1 aromatic carbocycles. The molecular weight excluding hydrogens is 304 g/mol. The Morgan fingerprint density at radius 2 is 1.92 bits per heavy atom. The second-order valence-electron chi connectivity index (χ2n) is 6.19. The van der Waals surface area contributed by atoms with Gasteiger partial charge < -0.3 is 15.4 Å². The van der Waals surface area contributed by atoms with E-state index in [1.54, 1.807) is 0 Å². The third-order valence-corrected chi connectivity index (χ3v) is 4.48. The molecule has 1 heterocycles. The van der Waals surface area contributed by atoms with Crippen LogP contribution in [0.15, 0.2) is 35.1 Å². The maximum atomic E-state index is 12.3. The summed E-state index contributed by atoms with van der Waals surface area (Å²) < 4.78 is 0. The number of hydrogen-bond donors (Lipinski definition) is 3. The lowest BCUT2D eigenvalue weighted by atomic mass is 9.93. The number of pyridine rings is 1. The largest absolute Gasteiger partial charge is 0.507 e. The van der Waals surface area contributed by atoms with Gasteiger partial charge in [-0.25, -0.2) is 0 Å². The molecule has 0 saturated carbocycles. The summed E-state index contributed by atoms with van der Waals surface area (Å²) in [6.07, 6.45) is 5.04. The summed E-state index contributed by atoms with van der Waals surface area (Å²) in [5.41, 5.74) is 2.03. The molecule has 24 heavy (non-hydrogen) atoms. The van der Waals surface area contributed by atoms with Crippen LogP contribution in [0.2, 0.25) is 0 Å². The van der Waals surface area contributed by atoms with Crippen LogP contribution in [-0.2, 0) is 19.3 Å². The lowest BCUT2D eigenvalue weighted by Gasteiger charge is -2.18. The van der Waals surface area contributed by atoms with Crippen LogP contribution in [0.4, 0.5) is 0 Å². The fraction of sp³-hybridized carbons (Fsp3) is 0.368. The van der Waals surface area contributed by atoms with Crippen molar-refractivity contribution in [2.45, 2.75) is 38.5 Å². The number of fused-ring (bicyclic) bond motifs is 1.